The Morgan fingerprint density at radius 2 is 1.81 bits per heavy atom. The van der Waals surface area contributed by atoms with E-state index in [9.17, 15) is 4.79 Å². The molecule has 2 aromatic carbocycles. The number of thiophene rings is 1. The lowest BCUT2D eigenvalue weighted by Crippen LogP contribution is -2.34. The van der Waals surface area contributed by atoms with E-state index in [1.807, 2.05) is 65.6 Å². The summed E-state index contributed by atoms with van der Waals surface area (Å²) in [5.74, 6) is 0.756. The van der Waals surface area contributed by atoms with Gasteiger partial charge in [-0.3, -0.25) is 4.79 Å². The first-order chi connectivity index (χ1) is 13.3. The predicted octanol–water partition coefficient (Wildman–Crippen LogP) is 5.23. The van der Waals surface area contributed by atoms with E-state index in [0.29, 0.717) is 5.75 Å². The van der Waals surface area contributed by atoms with Crippen LogP contribution in [0.1, 0.15) is 23.8 Å². The second kappa shape index (κ2) is 8.27. The van der Waals surface area contributed by atoms with Crippen molar-refractivity contribution in [3.05, 3.63) is 77.0 Å². The highest BCUT2D eigenvalue weighted by atomic mass is 32.1. The molecule has 4 rings (SSSR count). The van der Waals surface area contributed by atoms with Gasteiger partial charge in [-0.05, 0) is 60.7 Å². The van der Waals surface area contributed by atoms with Crippen LogP contribution in [0.2, 0.25) is 0 Å². The van der Waals surface area contributed by atoms with Crippen molar-refractivity contribution >= 4 is 28.6 Å². The highest BCUT2D eigenvalue weighted by Crippen LogP contribution is 2.34. The Balaban J connectivity index is 1.32. The quantitative estimate of drug-likeness (QED) is 0.638. The summed E-state index contributed by atoms with van der Waals surface area (Å²) in [6.45, 7) is 0.887. The summed E-state index contributed by atoms with van der Waals surface area (Å²) >= 11 is 1.72. The van der Waals surface area contributed by atoms with Crippen molar-refractivity contribution in [1.29, 1.82) is 0 Å². The normalized spacial score (nSPS) is 16.3. The zero-order valence-electron chi connectivity index (χ0n) is 15.0. The van der Waals surface area contributed by atoms with E-state index in [1.54, 1.807) is 11.3 Å². The number of amides is 1. The number of nitrogens with zero attached hydrogens (tertiary/aromatic N) is 1. The summed E-state index contributed by atoms with van der Waals surface area (Å²) in [5.41, 5.74) is 2.02. The topological polar surface area (TPSA) is 41.6 Å². The molecule has 27 heavy (non-hydrogen) atoms. The predicted molar refractivity (Wildman–Crippen MR) is 110 cm³/mol. The second-order valence-electron chi connectivity index (χ2n) is 6.56. The molecule has 0 bridgehead atoms. The number of benzene rings is 2. The first kappa shape index (κ1) is 17.6. The fraction of sp³-hybridized carbons (Fsp3) is 0.227. The number of carbonyl (C=O) groups excluding carboxylic acids is 1. The zero-order chi connectivity index (χ0) is 18.5. The third-order valence-electron chi connectivity index (χ3n) is 4.72. The molecular formula is C22H22N2O2S. The molecule has 1 amide bonds. The third kappa shape index (κ3) is 4.31. The maximum Gasteiger partial charge on any atom is 0.261 e. The van der Waals surface area contributed by atoms with E-state index in [-0.39, 0.29) is 18.6 Å². The van der Waals surface area contributed by atoms with Gasteiger partial charge in [0.15, 0.2) is 6.61 Å². The largest absolute Gasteiger partial charge is 0.484 e. The van der Waals surface area contributed by atoms with Gasteiger partial charge in [-0.2, -0.15) is 0 Å². The van der Waals surface area contributed by atoms with Crippen LogP contribution >= 0.6 is 11.3 Å². The van der Waals surface area contributed by atoms with Crippen molar-refractivity contribution in [1.82, 2.24) is 4.90 Å². The van der Waals surface area contributed by atoms with Crippen molar-refractivity contribution in [2.75, 3.05) is 18.5 Å². The van der Waals surface area contributed by atoms with Crippen LogP contribution in [0.15, 0.2) is 72.1 Å². The molecule has 138 valence electrons. The summed E-state index contributed by atoms with van der Waals surface area (Å²) in [6.07, 6.45) is 2.08. The van der Waals surface area contributed by atoms with E-state index in [1.165, 1.54) is 4.88 Å². The first-order valence-electron chi connectivity index (χ1n) is 9.17. The number of nitrogens with one attached hydrogen (secondary N) is 1. The molecule has 1 saturated heterocycles. The van der Waals surface area contributed by atoms with E-state index < -0.39 is 0 Å². The molecule has 2 heterocycles. The van der Waals surface area contributed by atoms with Crippen LogP contribution in [0, 0.1) is 0 Å². The molecule has 1 atom stereocenters. The molecule has 3 aromatic rings. The molecule has 1 fully saturated rings. The lowest BCUT2D eigenvalue weighted by atomic mass is 10.2. The Morgan fingerprint density at radius 3 is 2.56 bits per heavy atom. The van der Waals surface area contributed by atoms with Gasteiger partial charge in [0, 0.05) is 22.8 Å². The number of para-hydroxylation sites is 1. The monoisotopic (exact) mass is 378 g/mol. The van der Waals surface area contributed by atoms with Crippen molar-refractivity contribution in [2.24, 2.45) is 0 Å². The molecular weight excluding hydrogens is 356 g/mol. The molecule has 0 spiro atoms. The van der Waals surface area contributed by atoms with Gasteiger partial charge in [0.05, 0.1) is 6.04 Å². The number of carbonyl (C=O) groups is 1. The van der Waals surface area contributed by atoms with Crippen molar-refractivity contribution in [2.45, 2.75) is 18.9 Å². The van der Waals surface area contributed by atoms with Crippen LogP contribution < -0.4 is 10.1 Å². The number of ether oxygens (including phenoxy) is 1. The van der Waals surface area contributed by atoms with Crippen LogP contribution in [0.5, 0.6) is 5.75 Å². The molecule has 1 N–H and O–H groups in total. The molecule has 0 unspecified atom stereocenters. The minimum atomic E-state index is 0.0531. The van der Waals surface area contributed by atoms with E-state index >= 15 is 0 Å². The van der Waals surface area contributed by atoms with Gasteiger partial charge in [0.2, 0.25) is 0 Å². The van der Waals surface area contributed by atoms with Gasteiger partial charge in [-0.15, -0.1) is 11.3 Å². The summed E-state index contributed by atoms with van der Waals surface area (Å²) in [4.78, 5) is 15.8. The number of rotatable bonds is 6. The number of hydrogen-bond donors (Lipinski definition) is 1. The molecule has 0 radical (unpaired) electrons. The van der Waals surface area contributed by atoms with Crippen LogP contribution in [0.4, 0.5) is 11.4 Å². The number of anilines is 2. The van der Waals surface area contributed by atoms with E-state index in [2.05, 4.69) is 16.8 Å². The lowest BCUT2D eigenvalue weighted by Gasteiger charge is -2.24. The smallest absolute Gasteiger partial charge is 0.261 e. The molecule has 0 aliphatic carbocycles. The highest BCUT2D eigenvalue weighted by molar-refractivity contribution is 7.10. The summed E-state index contributed by atoms with van der Waals surface area (Å²) in [5, 5.41) is 5.40. The summed E-state index contributed by atoms with van der Waals surface area (Å²) in [7, 11) is 0. The van der Waals surface area contributed by atoms with Crippen LogP contribution in [0.25, 0.3) is 0 Å². The standard InChI is InChI=1S/C22H22N2O2S/c25-22(24-14-4-8-20(24)21-9-5-15-27-21)16-26-19-12-10-18(11-13-19)23-17-6-2-1-3-7-17/h1-3,5-7,9-13,15,20,23H,4,8,14,16H2/t20-/m1/s1. The van der Waals surface area contributed by atoms with Gasteiger partial charge in [0.25, 0.3) is 5.91 Å². The second-order valence-corrected chi connectivity index (χ2v) is 7.54. The van der Waals surface area contributed by atoms with Gasteiger partial charge in [-0.1, -0.05) is 24.3 Å². The first-order valence-corrected chi connectivity index (χ1v) is 10.1. The van der Waals surface area contributed by atoms with Gasteiger partial charge in [0.1, 0.15) is 5.75 Å². The van der Waals surface area contributed by atoms with Crippen LogP contribution in [0.3, 0.4) is 0 Å². The number of likely N-dealkylation sites (tertiary alicyclic amines) is 1. The van der Waals surface area contributed by atoms with E-state index in [0.717, 1.165) is 30.8 Å². The van der Waals surface area contributed by atoms with Crippen molar-refractivity contribution in [3.63, 3.8) is 0 Å². The molecule has 5 heteroatoms. The SMILES string of the molecule is O=C(COc1ccc(Nc2ccccc2)cc1)N1CCC[C@@H]1c1cccs1. The van der Waals surface area contributed by atoms with Crippen molar-refractivity contribution in [3.8, 4) is 5.75 Å². The molecule has 1 aliphatic heterocycles. The van der Waals surface area contributed by atoms with Gasteiger partial charge >= 0.3 is 0 Å². The fourth-order valence-corrected chi connectivity index (χ4v) is 4.27. The molecule has 1 aromatic heterocycles. The summed E-state index contributed by atoms with van der Waals surface area (Å²) < 4.78 is 5.74. The summed E-state index contributed by atoms with van der Waals surface area (Å²) in [6, 6.07) is 22.1. The Labute approximate surface area is 163 Å². The molecule has 4 nitrogen and oxygen atoms in total. The van der Waals surface area contributed by atoms with E-state index in [4.69, 9.17) is 4.74 Å². The molecule has 0 saturated carbocycles. The zero-order valence-corrected chi connectivity index (χ0v) is 15.8. The van der Waals surface area contributed by atoms with Crippen LogP contribution in [-0.4, -0.2) is 24.0 Å². The minimum Gasteiger partial charge on any atom is -0.484 e. The lowest BCUT2D eigenvalue weighted by molar-refractivity contribution is -0.134. The number of hydrogen-bond acceptors (Lipinski definition) is 4. The highest BCUT2D eigenvalue weighted by Gasteiger charge is 2.30. The Kier molecular flexibility index (Phi) is 5.39. The average Bonchev–Trinajstić information content (AvgIpc) is 3.39. The van der Waals surface area contributed by atoms with Gasteiger partial charge < -0.3 is 15.0 Å². The average molecular weight is 378 g/mol. The maximum atomic E-state index is 12.6. The van der Waals surface area contributed by atoms with Crippen LogP contribution in [-0.2, 0) is 4.79 Å². The van der Waals surface area contributed by atoms with Gasteiger partial charge in [-0.25, -0.2) is 0 Å². The fourth-order valence-electron chi connectivity index (χ4n) is 3.39. The minimum absolute atomic E-state index is 0.0531. The molecule has 1 aliphatic rings. The maximum absolute atomic E-state index is 12.6. The Bertz CT molecular complexity index is 863. The third-order valence-corrected chi connectivity index (χ3v) is 5.70. The Hall–Kier alpha value is -2.79. The Morgan fingerprint density at radius 1 is 1.04 bits per heavy atom. The van der Waals surface area contributed by atoms with Crippen molar-refractivity contribution < 1.29 is 9.53 Å².